The van der Waals surface area contributed by atoms with E-state index < -0.39 is 11.6 Å². The molecular weight excluding hydrogens is 446 g/mol. The normalized spacial score (nSPS) is 11.3. The van der Waals surface area contributed by atoms with Gasteiger partial charge >= 0.3 is 0 Å². The second-order valence-electron chi connectivity index (χ2n) is 7.81. The molecule has 0 radical (unpaired) electrons. The van der Waals surface area contributed by atoms with Gasteiger partial charge in [-0.3, -0.25) is 0 Å². The molecule has 2 aromatic carbocycles. The minimum atomic E-state index is -0.778. The van der Waals surface area contributed by atoms with Crippen molar-refractivity contribution in [1.29, 1.82) is 0 Å². The van der Waals surface area contributed by atoms with Crippen molar-refractivity contribution in [2.24, 2.45) is 0 Å². The summed E-state index contributed by atoms with van der Waals surface area (Å²) in [5.74, 6) is -1.05. The number of rotatable bonds is 15. The van der Waals surface area contributed by atoms with Crippen LogP contribution in [0.4, 0.5) is 14.5 Å². The largest absolute Gasteiger partial charge is 0.451 e. The Morgan fingerprint density at radius 2 is 1.64 bits per heavy atom. The molecule has 0 saturated carbocycles. The van der Waals surface area contributed by atoms with Crippen molar-refractivity contribution >= 4 is 17.6 Å². The lowest BCUT2D eigenvalue weighted by molar-refractivity contribution is 0.264. The molecule has 0 aromatic heterocycles. The number of anilines is 1. The van der Waals surface area contributed by atoms with E-state index in [0.717, 1.165) is 56.1 Å². The summed E-state index contributed by atoms with van der Waals surface area (Å²) in [6.45, 7) is 8.80. The van der Waals surface area contributed by atoms with E-state index in [1.807, 2.05) is 23.4 Å². The molecule has 0 heterocycles. The molecule has 0 bridgehead atoms. The van der Waals surface area contributed by atoms with Crippen LogP contribution in [-0.2, 0) is 6.61 Å². The molecule has 0 spiro atoms. The summed E-state index contributed by atoms with van der Waals surface area (Å²) >= 11 is 1.39. The highest BCUT2D eigenvalue weighted by atomic mass is 32.2. The van der Waals surface area contributed by atoms with Gasteiger partial charge in [0.15, 0.2) is 17.3 Å². The van der Waals surface area contributed by atoms with Gasteiger partial charge in [0.2, 0.25) is 0 Å². The van der Waals surface area contributed by atoms with E-state index in [2.05, 4.69) is 18.7 Å². The van der Waals surface area contributed by atoms with Crippen LogP contribution in [-0.4, -0.2) is 47.3 Å². The molecule has 0 saturated heterocycles. The van der Waals surface area contributed by atoms with Gasteiger partial charge in [-0.25, -0.2) is 13.1 Å². The summed E-state index contributed by atoms with van der Waals surface area (Å²) in [5, 5.41) is 19.4. The van der Waals surface area contributed by atoms with E-state index in [1.165, 1.54) is 24.1 Å². The Morgan fingerprint density at radius 3 is 2.18 bits per heavy atom. The molecule has 0 unspecified atom stereocenters. The van der Waals surface area contributed by atoms with Crippen molar-refractivity contribution in [2.75, 3.05) is 37.7 Å². The highest BCUT2D eigenvalue weighted by Crippen LogP contribution is 2.44. The van der Waals surface area contributed by atoms with Crippen molar-refractivity contribution in [3.05, 3.63) is 47.5 Å². The molecule has 5 nitrogen and oxygen atoms in total. The van der Waals surface area contributed by atoms with Crippen LogP contribution >= 0.6 is 11.9 Å². The predicted octanol–water partition coefficient (Wildman–Crippen LogP) is 5.98. The number of likely N-dealkylation sites (N-methyl/N-ethyl adjacent to an activating group) is 1. The highest BCUT2D eigenvalue weighted by Gasteiger charge is 2.22. The van der Waals surface area contributed by atoms with Crippen molar-refractivity contribution in [2.45, 2.75) is 58.0 Å². The van der Waals surface area contributed by atoms with E-state index in [0.29, 0.717) is 23.7 Å². The van der Waals surface area contributed by atoms with Crippen LogP contribution in [0.1, 0.15) is 52.0 Å². The molecule has 184 valence electrons. The molecule has 0 fully saturated rings. The molecule has 2 aromatic rings. The van der Waals surface area contributed by atoms with Gasteiger partial charge in [0, 0.05) is 32.2 Å². The van der Waals surface area contributed by atoms with Gasteiger partial charge in [0.25, 0.3) is 0 Å². The van der Waals surface area contributed by atoms with Crippen LogP contribution in [0.15, 0.2) is 35.2 Å². The Morgan fingerprint density at radius 1 is 0.939 bits per heavy atom. The van der Waals surface area contributed by atoms with E-state index >= 15 is 0 Å². The van der Waals surface area contributed by atoms with Gasteiger partial charge in [0.05, 0.1) is 23.8 Å². The molecule has 8 heteroatoms. The Balaban J connectivity index is 2.63. The van der Waals surface area contributed by atoms with Crippen LogP contribution in [0.5, 0.6) is 11.5 Å². The maximum Gasteiger partial charge on any atom is 0.168 e. The molecule has 0 aliphatic rings. The number of aliphatic hydroxyl groups excluding tert-OH is 2. The number of hydrogen-bond acceptors (Lipinski definition) is 6. The van der Waals surface area contributed by atoms with Gasteiger partial charge in [-0.05, 0) is 54.6 Å². The molecule has 0 atom stereocenters. The fraction of sp³-hybridized carbons (Fsp3) is 0.520. The summed E-state index contributed by atoms with van der Waals surface area (Å²) in [5.41, 5.74) is 1.49. The molecular formula is C25H36F2N2O3S. The fourth-order valence-electron chi connectivity index (χ4n) is 3.38. The van der Waals surface area contributed by atoms with Gasteiger partial charge in [-0.2, -0.15) is 0 Å². The van der Waals surface area contributed by atoms with Gasteiger partial charge in [-0.1, -0.05) is 33.6 Å². The van der Waals surface area contributed by atoms with Crippen molar-refractivity contribution in [3.63, 3.8) is 0 Å². The van der Waals surface area contributed by atoms with Gasteiger partial charge in [-0.15, -0.1) is 0 Å². The zero-order chi connectivity index (χ0) is 24.2. The maximum absolute atomic E-state index is 14.5. The summed E-state index contributed by atoms with van der Waals surface area (Å²) in [7, 11) is 0. The zero-order valence-electron chi connectivity index (χ0n) is 19.8. The number of ether oxygens (including phenoxy) is 1. The van der Waals surface area contributed by atoms with E-state index in [-0.39, 0.29) is 19.0 Å². The number of aliphatic hydroxyl groups is 2. The fourth-order valence-corrected chi connectivity index (χ4v) is 4.39. The first kappa shape index (κ1) is 27.4. The van der Waals surface area contributed by atoms with Crippen molar-refractivity contribution in [3.8, 4) is 11.5 Å². The molecule has 0 aliphatic heterocycles. The van der Waals surface area contributed by atoms with Crippen LogP contribution < -0.4 is 9.64 Å². The van der Waals surface area contributed by atoms with E-state index in [1.54, 1.807) is 0 Å². The lowest BCUT2D eigenvalue weighted by Crippen LogP contribution is -2.26. The quantitative estimate of drug-likeness (QED) is 0.305. The van der Waals surface area contributed by atoms with Gasteiger partial charge in [0.1, 0.15) is 5.82 Å². The number of unbranched alkanes of at least 4 members (excludes halogenated alkanes) is 2. The van der Waals surface area contributed by atoms with Crippen LogP contribution in [0.25, 0.3) is 0 Å². The Labute approximate surface area is 200 Å². The third-order valence-electron chi connectivity index (χ3n) is 5.22. The Kier molecular flexibility index (Phi) is 11.9. The van der Waals surface area contributed by atoms with Crippen LogP contribution in [0.2, 0.25) is 0 Å². The minimum Gasteiger partial charge on any atom is -0.451 e. The maximum atomic E-state index is 14.5. The highest BCUT2D eigenvalue weighted by molar-refractivity contribution is 7.97. The summed E-state index contributed by atoms with van der Waals surface area (Å²) in [6.07, 6.45) is 4.00. The van der Waals surface area contributed by atoms with Crippen LogP contribution in [0, 0.1) is 11.6 Å². The molecule has 2 N–H and O–H groups in total. The zero-order valence-corrected chi connectivity index (χ0v) is 20.6. The van der Waals surface area contributed by atoms with E-state index in [9.17, 15) is 19.0 Å². The first-order valence-corrected chi connectivity index (χ1v) is 12.4. The molecule has 2 rings (SSSR count). The lowest BCUT2D eigenvalue weighted by Gasteiger charge is -2.29. The SMILES string of the molecule is CCCCN(CCCC)c1cc(CO)cc(SN(CC)CCO)c1Oc1ccc(F)cc1F. The number of halogens is 2. The smallest absolute Gasteiger partial charge is 0.168 e. The van der Waals surface area contributed by atoms with Crippen molar-refractivity contribution in [1.82, 2.24) is 4.31 Å². The standard InChI is InChI=1S/C25H36F2N2O3S/c1-4-7-11-28(12-8-5-2)22-15-19(18-31)16-24(33-29(6-3)13-14-30)25(22)32-23-10-9-20(26)17-21(23)27/h9-10,15-17,30-31H,4-8,11-14,18H2,1-3H3. The predicted molar refractivity (Wildman–Crippen MR) is 131 cm³/mol. The summed E-state index contributed by atoms with van der Waals surface area (Å²) in [4.78, 5) is 2.92. The lowest BCUT2D eigenvalue weighted by atomic mass is 10.1. The van der Waals surface area contributed by atoms with Crippen molar-refractivity contribution < 1.29 is 23.7 Å². The van der Waals surface area contributed by atoms with E-state index in [4.69, 9.17) is 4.74 Å². The molecule has 33 heavy (non-hydrogen) atoms. The second kappa shape index (κ2) is 14.4. The minimum absolute atomic E-state index is 0.00467. The third-order valence-corrected chi connectivity index (χ3v) is 6.42. The molecule has 0 aliphatic carbocycles. The monoisotopic (exact) mass is 482 g/mol. The number of benzene rings is 2. The number of hydrogen-bond donors (Lipinski definition) is 2. The first-order chi connectivity index (χ1) is 16.0. The van der Waals surface area contributed by atoms with Crippen LogP contribution in [0.3, 0.4) is 0 Å². The topological polar surface area (TPSA) is 56.2 Å². The average molecular weight is 483 g/mol. The Hall–Kier alpha value is -1.87. The second-order valence-corrected chi connectivity index (χ2v) is 8.95. The first-order valence-electron chi connectivity index (χ1n) is 11.7. The number of nitrogens with zero attached hydrogens (tertiary/aromatic N) is 2. The average Bonchev–Trinajstić information content (AvgIpc) is 2.81. The van der Waals surface area contributed by atoms with Gasteiger partial charge < -0.3 is 19.8 Å². The third kappa shape index (κ3) is 8.14. The molecule has 0 amide bonds. The Bertz CT molecular complexity index is 862. The summed E-state index contributed by atoms with van der Waals surface area (Å²) < 4.78 is 36.1. The summed E-state index contributed by atoms with van der Waals surface area (Å²) in [6, 6.07) is 6.97.